The Kier molecular flexibility index (Phi) is 4.93. The van der Waals surface area contributed by atoms with E-state index in [-0.39, 0.29) is 10.2 Å². The molecule has 16 heavy (non-hydrogen) atoms. The van der Waals surface area contributed by atoms with E-state index in [1.807, 2.05) is 0 Å². The van der Waals surface area contributed by atoms with Crippen LogP contribution in [0, 0.1) is 0 Å². The highest BCUT2D eigenvalue weighted by molar-refractivity contribution is 6.58. The summed E-state index contributed by atoms with van der Waals surface area (Å²) in [6.45, 7) is 0. The molecule has 6 heteroatoms. The van der Waals surface area contributed by atoms with Gasteiger partial charge in [0, 0.05) is 10.6 Å². The monoisotopic (exact) mass is 279 g/mol. The van der Waals surface area contributed by atoms with Crippen LogP contribution in [0.2, 0.25) is 5.02 Å². The Balaban J connectivity index is 3.00. The fraction of sp³-hybridized carbons (Fsp3) is 0.100. The van der Waals surface area contributed by atoms with Gasteiger partial charge in [0.05, 0.1) is 12.8 Å². The van der Waals surface area contributed by atoms with E-state index in [4.69, 9.17) is 34.8 Å². The molecule has 0 unspecified atom stereocenters. The van der Waals surface area contributed by atoms with Gasteiger partial charge in [0.25, 0.3) is 0 Å². The standard InChI is InChI=1S/C10H8Cl3NO2/c1-16-10(15)14-8(9(12)13)6-2-4-7(11)5-3-6/h2-5H,1H3,(H,14,15). The van der Waals surface area contributed by atoms with Crippen molar-refractivity contribution in [3.8, 4) is 0 Å². The smallest absolute Gasteiger partial charge is 0.411 e. The van der Waals surface area contributed by atoms with Gasteiger partial charge in [-0.3, -0.25) is 5.32 Å². The molecule has 0 bridgehead atoms. The summed E-state index contributed by atoms with van der Waals surface area (Å²) in [6, 6.07) is 6.68. The van der Waals surface area contributed by atoms with Crippen LogP contribution in [0.4, 0.5) is 4.79 Å². The van der Waals surface area contributed by atoms with E-state index in [9.17, 15) is 4.79 Å². The predicted octanol–water partition coefficient (Wildman–Crippen LogP) is 3.80. The van der Waals surface area contributed by atoms with Crippen molar-refractivity contribution in [3.63, 3.8) is 0 Å². The molecule has 3 nitrogen and oxygen atoms in total. The van der Waals surface area contributed by atoms with Crippen molar-refractivity contribution in [1.29, 1.82) is 0 Å². The number of hydrogen-bond donors (Lipinski definition) is 1. The van der Waals surface area contributed by atoms with Crippen molar-refractivity contribution in [3.05, 3.63) is 39.3 Å². The van der Waals surface area contributed by atoms with E-state index in [1.165, 1.54) is 7.11 Å². The lowest BCUT2D eigenvalue weighted by Gasteiger charge is -2.09. The van der Waals surface area contributed by atoms with Gasteiger partial charge in [-0.25, -0.2) is 4.79 Å². The molecule has 0 aliphatic rings. The second-order valence-electron chi connectivity index (χ2n) is 2.76. The third kappa shape index (κ3) is 3.59. The minimum Gasteiger partial charge on any atom is -0.453 e. The van der Waals surface area contributed by atoms with Crippen LogP contribution < -0.4 is 5.32 Å². The molecule has 0 radical (unpaired) electrons. The normalized spacial score (nSPS) is 9.50. The van der Waals surface area contributed by atoms with Gasteiger partial charge in [0.1, 0.15) is 4.49 Å². The summed E-state index contributed by atoms with van der Waals surface area (Å²) in [5.41, 5.74) is 0.904. The van der Waals surface area contributed by atoms with Crippen LogP contribution in [-0.4, -0.2) is 13.2 Å². The average Bonchev–Trinajstić information content (AvgIpc) is 2.26. The molecular formula is C10H8Cl3NO2. The topological polar surface area (TPSA) is 38.3 Å². The minimum atomic E-state index is -0.649. The average molecular weight is 281 g/mol. The lowest BCUT2D eigenvalue weighted by atomic mass is 10.2. The van der Waals surface area contributed by atoms with Crippen LogP contribution in [-0.2, 0) is 4.74 Å². The van der Waals surface area contributed by atoms with Crippen molar-refractivity contribution in [2.75, 3.05) is 7.11 Å². The maximum atomic E-state index is 11.1. The van der Waals surface area contributed by atoms with Gasteiger partial charge in [-0.1, -0.05) is 46.9 Å². The van der Waals surface area contributed by atoms with Crippen LogP contribution >= 0.6 is 34.8 Å². The van der Waals surface area contributed by atoms with Crippen LogP contribution in [0.3, 0.4) is 0 Å². The van der Waals surface area contributed by atoms with E-state index < -0.39 is 6.09 Å². The summed E-state index contributed by atoms with van der Waals surface area (Å²) in [6.07, 6.45) is -0.649. The van der Waals surface area contributed by atoms with Crippen molar-refractivity contribution >= 4 is 46.6 Å². The van der Waals surface area contributed by atoms with E-state index >= 15 is 0 Å². The Labute approximate surface area is 108 Å². The minimum absolute atomic E-state index is 0.0623. The SMILES string of the molecule is COC(=O)NC(=C(Cl)Cl)c1ccc(Cl)cc1. The maximum Gasteiger partial charge on any atom is 0.411 e. The number of ether oxygens (including phenoxy) is 1. The van der Waals surface area contributed by atoms with Gasteiger partial charge in [-0.2, -0.15) is 0 Å². The highest BCUT2D eigenvalue weighted by atomic mass is 35.5. The highest BCUT2D eigenvalue weighted by Gasteiger charge is 2.10. The number of rotatable bonds is 2. The van der Waals surface area contributed by atoms with Crippen molar-refractivity contribution in [2.24, 2.45) is 0 Å². The molecule has 1 N–H and O–H groups in total. The summed E-state index contributed by atoms with van der Waals surface area (Å²) in [5.74, 6) is 0. The number of methoxy groups -OCH3 is 1. The lowest BCUT2D eigenvalue weighted by Crippen LogP contribution is -2.21. The fourth-order valence-electron chi connectivity index (χ4n) is 0.998. The number of amides is 1. The number of halogens is 3. The number of carbonyl (C=O) groups is 1. The molecule has 1 rings (SSSR count). The summed E-state index contributed by atoms with van der Waals surface area (Å²) in [4.78, 5) is 11.1. The maximum absolute atomic E-state index is 11.1. The third-order valence-corrected chi connectivity index (χ3v) is 2.36. The Bertz CT molecular complexity index is 411. The van der Waals surface area contributed by atoms with Crippen molar-refractivity contribution in [2.45, 2.75) is 0 Å². The first-order chi connectivity index (χ1) is 7.54. The molecular weight excluding hydrogens is 272 g/mol. The van der Waals surface area contributed by atoms with Gasteiger partial charge < -0.3 is 4.74 Å². The summed E-state index contributed by atoms with van der Waals surface area (Å²) >= 11 is 17.1. The second-order valence-corrected chi connectivity index (χ2v) is 4.14. The van der Waals surface area contributed by atoms with Crippen molar-refractivity contribution < 1.29 is 9.53 Å². The molecule has 1 aromatic rings. The van der Waals surface area contributed by atoms with E-state index in [1.54, 1.807) is 24.3 Å². The molecule has 0 aliphatic carbocycles. The lowest BCUT2D eigenvalue weighted by molar-refractivity contribution is 0.176. The van der Waals surface area contributed by atoms with E-state index in [0.29, 0.717) is 10.6 Å². The first-order valence-corrected chi connectivity index (χ1v) is 5.34. The Morgan fingerprint density at radius 1 is 1.25 bits per heavy atom. The molecule has 1 amide bonds. The number of carbonyl (C=O) groups excluding carboxylic acids is 1. The first-order valence-electron chi connectivity index (χ1n) is 4.20. The fourth-order valence-corrected chi connectivity index (χ4v) is 1.44. The Hall–Kier alpha value is -0.900. The number of benzene rings is 1. The molecule has 0 saturated carbocycles. The molecule has 0 aliphatic heterocycles. The molecule has 0 atom stereocenters. The molecule has 0 heterocycles. The molecule has 86 valence electrons. The first kappa shape index (κ1) is 13.2. The van der Waals surface area contributed by atoms with Gasteiger partial charge in [-0.15, -0.1) is 0 Å². The van der Waals surface area contributed by atoms with Gasteiger partial charge >= 0.3 is 6.09 Å². The zero-order chi connectivity index (χ0) is 12.1. The summed E-state index contributed by atoms with van der Waals surface area (Å²) in [5, 5.41) is 2.99. The quantitative estimate of drug-likeness (QED) is 0.895. The highest BCUT2D eigenvalue weighted by Crippen LogP contribution is 2.23. The zero-order valence-electron chi connectivity index (χ0n) is 8.26. The third-order valence-electron chi connectivity index (χ3n) is 1.73. The van der Waals surface area contributed by atoms with Crippen LogP contribution in [0.25, 0.3) is 5.70 Å². The Morgan fingerprint density at radius 2 is 1.81 bits per heavy atom. The van der Waals surface area contributed by atoms with Gasteiger partial charge in [0.2, 0.25) is 0 Å². The van der Waals surface area contributed by atoms with E-state index in [2.05, 4.69) is 10.1 Å². The number of alkyl carbamates (subject to hydrolysis) is 1. The van der Waals surface area contributed by atoms with Crippen LogP contribution in [0.15, 0.2) is 28.8 Å². The summed E-state index contributed by atoms with van der Waals surface area (Å²) in [7, 11) is 1.25. The van der Waals surface area contributed by atoms with Crippen LogP contribution in [0.1, 0.15) is 5.56 Å². The number of hydrogen-bond acceptors (Lipinski definition) is 2. The van der Waals surface area contributed by atoms with Gasteiger partial charge in [-0.05, 0) is 12.1 Å². The zero-order valence-corrected chi connectivity index (χ0v) is 10.5. The van der Waals surface area contributed by atoms with E-state index in [0.717, 1.165) is 0 Å². The molecule has 0 spiro atoms. The second kappa shape index (κ2) is 5.99. The van der Waals surface area contributed by atoms with Crippen LogP contribution in [0.5, 0.6) is 0 Å². The van der Waals surface area contributed by atoms with Crippen molar-refractivity contribution in [1.82, 2.24) is 5.32 Å². The largest absolute Gasteiger partial charge is 0.453 e. The predicted molar refractivity (Wildman–Crippen MR) is 65.6 cm³/mol. The summed E-state index contributed by atoms with van der Waals surface area (Å²) < 4.78 is 4.39. The molecule has 0 fully saturated rings. The van der Waals surface area contributed by atoms with Gasteiger partial charge in [0.15, 0.2) is 0 Å². The molecule has 1 aromatic carbocycles. The molecule has 0 saturated heterocycles. The number of nitrogens with one attached hydrogen (secondary N) is 1. The molecule has 0 aromatic heterocycles. The Morgan fingerprint density at radius 3 is 2.25 bits per heavy atom.